The molecule has 1 aromatic carbocycles. The Bertz CT molecular complexity index is 416. The molecule has 1 aromatic rings. The van der Waals surface area contributed by atoms with Gasteiger partial charge in [0, 0.05) is 19.1 Å². The zero-order valence-corrected chi connectivity index (χ0v) is 9.77. The van der Waals surface area contributed by atoms with Crippen LogP contribution in [0, 0.1) is 11.7 Å². The molecule has 0 aromatic heterocycles. The van der Waals surface area contributed by atoms with E-state index in [2.05, 4.69) is 4.90 Å². The van der Waals surface area contributed by atoms with Crippen LogP contribution in [0.2, 0.25) is 0 Å². The third-order valence-electron chi connectivity index (χ3n) is 3.32. The van der Waals surface area contributed by atoms with Gasteiger partial charge in [-0.05, 0) is 24.1 Å². The van der Waals surface area contributed by atoms with E-state index >= 15 is 0 Å². The Morgan fingerprint density at radius 1 is 1.59 bits per heavy atom. The number of carboxylic acids is 1. The van der Waals surface area contributed by atoms with Crippen LogP contribution in [0.15, 0.2) is 24.3 Å². The molecule has 1 fully saturated rings. The Kier molecular flexibility index (Phi) is 3.43. The fraction of sp³-hybridized carbons (Fsp3) is 0.462. The molecular formula is C13H16FNO2. The summed E-state index contributed by atoms with van der Waals surface area (Å²) in [4.78, 5) is 12.8. The van der Waals surface area contributed by atoms with Crippen LogP contribution in [0.25, 0.3) is 0 Å². The van der Waals surface area contributed by atoms with Crippen molar-refractivity contribution in [1.29, 1.82) is 0 Å². The molecule has 0 radical (unpaired) electrons. The Labute approximate surface area is 99.9 Å². The highest BCUT2D eigenvalue weighted by atomic mass is 19.1. The Hall–Kier alpha value is -1.42. The minimum Gasteiger partial charge on any atom is -0.481 e. The lowest BCUT2D eigenvalue weighted by molar-refractivity contribution is -0.148. The van der Waals surface area contributed by atoms with E-state index in [-0.39, 0.29) is 17.8 Å². The Morgan fingerprint density at radius 3 is 2.82 bits per heavy atom. The summed E-state index contributed by atoms with van der Waals surface area (Å²) in [5, 5.41) is 8.83. The van der Waals surface area contributed by atoms with Crippen LogP contribution >= 0.6 is 0 Å². The molecular weight excluding hydrogens is 221 g/mol. The molecule has 4 heteroatoms. The molecule has 1 aliphatic heterocycles. The fourth-order valence-corrected chi connectivity index (χ4v) is 2.34. The predicted molar refractivity (Wildman–Crippen MR) is 62.1 cm³/mol. The van der Waals surface area contributed by atoms with E-state index in [0.717, 1.165) is 12.0 Å². The van der Waals surface area contributed by atoms with E-state index in [1.165, 1.54) is 12.1 Å². The molecule has 1 saturated heterocycles. The van der Waals surface area contributed by atoms with E-state index in [9.17, 15) is 9.18 Å². The molecule has 0 saturated carbocycles. The van der Waals surface area contributed by atoms with E-state index in [4.69, 9.17) is 5.11 Å². The molecule has 0 amide bonds. The van der Waals surface area contributed by atoms with Crippen LogP contribution < -0.4 is 0 Å². The summed E-state index contributed by atoms with van der Waals surface area (Å²) in [6.07, 6.45) is 0.857. The standard InChI is InChI=1S/C13H16FNO2/c1-2-12(9-4-3-5-11(14)6-9)15-7-10(8-15)13(16)17/h3-6,10,12H,2,7-8H2,1H3,(H,16,17)/t12-/m0/s1. The van der Waals surface area contributed by atoms with E-state index in [0.29, 0.717) is 13.1 Å². The van der Waals surface area contributed by atoms with Crippen LogP contribution in [0.3, 0.4) is 0 Å². The minimum absolute atomic E-state index is 0.126. The van der Waals surface area contributed by atoms with Gasteiger partial charge in [-0.15, -0.1) is 0 Å². The van der Waals surface area contributed by atoms with Gasteiger partial charge in [0.2, 0.25) is 0 Å². The van der Waals surface area contributed by atoms with Crippen molar-refractivity contribution in [2.75, 3.05) is 13.1 Å². The number of likely N-dealkylation sites (tertiary alicyclic amines) is 1. The molecule has 1 atom stereocenters. The first-order valence-corrected chi connectivity index (χ1v) is 5.84. The highest BCUT2D eigenvalue weighted by Crippen LogP contribution is 2.31. The van der Waals surface area contributed by atoms with Crippen molar-refractivity contribution in [3.05, 3.63) is 35.6 Å². The number of halogens is 1. The van der Waals surface area contributed by atoms with E-state index < -0.39 is 5.97 Å². The number of hydrogen-bond acceptors (Lipinski definition) is 2. The summed E-state index contributed by atoms with van der Waals surface area (Å²) < 4.78 is 13.1. The molecule has 0 unspecified atom stereocenters. The lowest BCUT2D eigenvalue weighted by Crippen LogP contribution is -2.51. The van der Waals surface area contributed by atoms with Crippen LogP contribution in [0.1, 0.15) is 24.9 Å². The third-order valence-corrected chi connectivity index (χ3v) is 3.32. The molecule has 3 nitrogen and oxygen atoms in total. The van der Waals surface area contributed by atoms with Gasteiger partial charge in [0.05, 0.1) is 5.92 Å². The Balaban J connectivity index is 2.06. The van der Waals surface area contributed by atoms with Gasteiger partial charge < -0.3 is 5.11 Å². The second-order valence-corrected chi connectivity index (χ2v) is 4.47. The van der Waals surface area contributed by atoms with Gasteiger partial charge >= 0.3 is 5.97 Å². The van der Waals surface area contributed by atoms with Crippen molar-refractivity contribution in [3.63, 3.8) is 0 Å². The maximum atomic E-state index is 13.1. The van der Waals surface area contributed by atoms with Gasteiger partial charge in [-0.25, -0.2) is 4.39 Å². The van der Waals surface area contributed by atoms with Gasteiger partial charge in [0.15, 0.2) is 0 Å². The summed E-state index contributed by atoms with van der Waals surface area (Å²) in [7, 11) is 0. The number of nitrogens with zero attached hydrogens (tertiary/aromatic N) is 1. The lowest BCUT2D eigenvalue weighted by Gasteiger charge is -2.42. The van der Waals surface area contributed by atoms with Gasteiger partial charge in [0.25, 0.3) is 0 Å². The van der Waals surface area contributed by atoms with Crippen molar-refractivity contribution in [2.24, 2.45) is 5.92 Å². The zero-order valence-electron chi connectivity index (χ0n) is 9.77. The highest BCUT2D eigenvalue weighted by molar-refractivity contribution is 5.71. The molecule has 1 heterocycles. The van der Waals surface area contributed by atoms with Crippen molar-refractivity contribution < 1.29 is 14.3 Å². The summed E-state index contributed by atoms with van der Waals surface area (Å²) in [6, 6.07) is 6.67. The number of carboxylic acid groups (broad SMARTS) is 1. The van der Waals surface area contributed by atoms with Crippen LogP contribution in [0.4, 0.5) is 4.39 Å². The average molecular weight is 237 g/mol. The number of carbonyl (C=O) groups is 1. The van der Waals surface area contributed by atoms with Crippen LogP contribution in [0.5, 0.6) is 0 Å². The zero-order chi connectivity index (χ0) is 12.4. The molecule has 92 valence electrons. The molecule has 0 bridgehead atoms. The molecule has 17 heavy (non-hydrogen) atoms. The molecule has 1 N–H and O–H groups in total. The summed E-state index contributed by atoms with van der Waals surface area (Å²) >= 11 is 0. The maximum Gasteiger partial charge on any atom is 0.309 e. The second-order valence-electron chi connectivity index (χ2n) is 4.47. The van der Waals surface area contributed by atoms with Crippen molar-refractivity contribution in [3.8, 4) is 0 Å². The molecule has 2 rings (SSSR count). The van der Waals surface area contributed by atoms with Crippen molar-refractivity contribution in [2.45, 2.75) is 19.4 Å². The monoisotopic (exact) mass is 237 g/mol. The SMILES string of the molecule is CC[C@@H](c1cccc(F)c1)N1CC(C(=O)O)C1. The highest BCUT2D eigenvalue weighted by Gasteiger charge is 2.36. The lowest BCUT2D eigenvalue weighted by atomic mass is 9.93. The quantitative estimate of drug-likeness (QED) is 0.873. The second kappa shape index (κ2) is 4.84. The third kappa shape index (κ3) is 2.47. The fourth-order valence-electron chi connectivity index (χ4n) is 2.34. The average Bonchev–Trinajstić information content (AvgIpc) is 2.21. The van der Waals surface area contributed by atoms with Gasteiger partial charge in [-0.2, -0.15) is 0 Å². The van der Waals surface area contributed by atoms with Gasteiger partial charge in [0.1, 0.15) is 5.82 Å². The van der Waals surface area contributed by atoms with E-state index in [1.54, 1.807) is 6.07 Å². The Morgan fingerprint density at radius 2 is 2.29 bits per heavy atom. The number of benzene rings is 1. The van der Waals surface area contributed by atoms with Crippen LogP contribution in [-0.4, -0.2) is 29.1 Å². The van der Waals surface area contributed by atoms with Gasteiger partial charge in [-0.1, -0.05) is 19.1 Å². The molecule has 0 spiro atoms. The van der Waals surface area contributed by atoms with E-state index in [1.807, 2.05) is 13.0 Å². The number of hydrogen-bond donors (Lipinski definition) is 1. The summed E-state index contributed by atoms with van der Waals surface area (Å²) in [5.41, 5.74) is 0.927. The normalized spacial score (nSPS) is 18.7. The first kappa shape index (κ1) is 12.0. The topological polar surface area (TPSA) is 40.5 Å². The van der Waals surface area contributed by atoms with Gasteiger partial charge in [-0.3, -0.25) is 9.69 Å². The first-order valence-electron chi connectivity index (χ1n) is 5.84. The number of rotatable bonds is 4. The molecule has 1 aliphatic rings. The van der Waals surface area contributed by atoms with Crippen molar-refractivity contribution >= 4 is 5.97 Å². The minimum atomic E-state index is -0.740. The number of aliphatic carboxylic acids is 1. The smallest absolute Gasteiger partial charge is 0.309 e. The largest absolute Gasteiger partial charge is 0.481 e. The van der Waals surface area contributed by atoms with Crippen LogP contribution in [-0.2, 0) is 4.79 Å². The predicted octanol–water partition coefficient (Wildman–Crippen LogP) is 2.29. The first-order chi connectivity index (χ1) is 8.11. The summed E-state index contributed by atoms with van der Waals surface area (Å²) in [5.74, 6) is -1.25. The molecule has 0 aliphatic carbocycles. The maximum absolute atomic E-state index is 13.1. The summed E-state index contributed by atoms with van der Waals surface area (Å²) in [6.45, 7) is 3.15. The van der Waals surface area contributed by atoms with Crippen molar-refractivity contribution in [1.82, 2.24) is 4.90 Å².